The van der Waals surface area contributed by atoms with Crippen LogP contribution in [0.5, 0.6) is 0 Å². The van der Waals surface area contributed by atoms with Crippen molar-refractivity contribution in [1.29, 1.82) is 0 Å². The summed E-state index contributed by atoms with van der Waals surface area (Å²) in [5, 5.41) is 5.94. The summed E-state index contributed by atoms with van der Waals surface area (Å²) in [6.45, 7) is 0.171. The highest BCUT2D eigenvalue weighted by Crippen LogP contribution is 2.14. The minimum atomic E-state index is -4.03. The lowest BCUT2D eigenvalue weighted by Gasteiger charge is -2.10. The molecule has 0 fully saturated rings. The molecule has 0 aliphatic carbocycles. The Morgan fingerprint density at radius 1 is 0.857 bits per heavy atom. The van der Waals surface area contributed by atoms with E-state index >= 15 is 0 Å². The van der Waals surface area contributed by atoms with Gasteiger partial charge in [0.2, 0.25) is 10.0 Å². The summed E-state index contributed by atoms with van der Waals surface area (Å²) in [6.07, 6.45) is 2.98. The molecule has 28 heavy (non-hydrogen) atoms. The molecule has 2 aromatic heterocycles. The summed E-state index contributed by atoms with van der Waals surface area (Å²) >= 11 is 0. The van der Waals surface area contributed by atoms with Crippen LogP contribution in [0.1, 0.15) is 0 Å². The maximum absolute atomic E-state index is 13.2. The van der Waals surface area contributed by atoms with Gasteiger partial charge in [0, 0.05) is 31.4 Å². The quantitative estimate of drug-likeness (QED) is 0.493. The summed E-state index contributed by atoms with van der Waals surface area (Å²) in [6, 6.07) is 9.12. The van der Waals surface area contributed by atoms with Crippen LogP contribution in [-0.4, -0.2) is 36.5 Å². The molecule has 0 radical (unpaired) electrons. The molecule has 0 unspecified atom stereocenters. The van der Waals surface area contributed by atoms with Crippen molar-refractivity contribution in [2.75, 3.05) is 23.7 Å². The fraction of sp³-hybridized carbons (Fsp3) is 0.118. The van der Waals surface area contributed by atoms with Gasteiger partial charge in [-0.3, -0.25) is 0 Å². The Morgan fingerprint density at radius 3 is 2.32 bits per heavy atom. The van der Waals surface area contributed by atoms with E-state index in [4.69, 9.17) is 0 Å². The standard InChI is InChI=1S/C17H16F2N6O2S/c18-12-7-13(19)9-14(8-12)28(26,27)24-6-5-21-16-10-17(23-11-22-16)25-15-3-1-2-4-20-15/h1-4,7-11,24H,5-6H2,(H2,20,21,22,23,25). The van der Waals surface area contributed by atoms with Crippen LogP contribution in [0.15, 0.2) is 59.9 Å². The Balaban J connectivity index is 1.54. The third kappa shape index (κ3) is 5.41. The predicted molar refractivity (Wildman–Crippen MR) is 99.6 cm³/mol. The molecule has 0 amide bonds. The number of aromatic nitrogens is 3. The van der Waals surface area contributed by atoms with Crippen LogP contribution in [0.25, 0.3) is 0 Å². The normalized spacial score (nSPS) is 11.2. The summed E-state index contributed by atoms with van der Waals surface area (Å²) in [5.74, 6) is -0.349. The topological polar surface area (TPSA) is 109 Å². The lowest BCUT2D eigenvalue weighted by Crippen LogP contribution is -2.29. The molecule has 3 aromatic rings. The molecule has 3 rings (SSSR count). The number of rotatable bonds is 8. The van der Waals surface area contributed by atoms with Crippen molar-refractivity contribution in [2.45, 2.75) is 4.90 Å². The predicted octanol–water partition coefficient (Wildman–Crippen LogP) is 2.28. The average molecular weight is 406 g/mol. The van der Waals surface area contributed by atoms with Crippen LogP contribution in [0.4, 0.5) is 26.2 Å². The molecule has 1 aromatic carbocycles. The Hall–Kier alpha value is -3.18. The largest absolute Gasteiger partial charge is 0.369 e. The molecule has 0 saturated carbocycles. The van der Waals surface area contributed by atoms with Crippen LogP contribution >= 0.6 is 0 Å². The van der Waals surface area contributed by atoms with Crippen LogP contribution in [0, 0.1) is 11.6 Å². The van der Waals surface area contributed by atoms with Gasteiger partial charge in [-0.1, -0.05) is 6.07 Å². The van der Waals surface area contributed by atoms with E-state index in [9.17, 15) is 17.2 Å². The first-order chi connectivity index (χ1) is 13.4. The second-order valence-corrected chi connectivity index (χ2v) is 7.33. The summed E-state index contributed by atoms with van der Waals surface area (Å²) in [4.78, 5) is 11.8. The maximum atomic E-state index is 13.2. The van der Waals surface area contributed by atoms with E-state index in [1.54, 1.807) is 24.4 Å². The van der Waals surface area contributed by atoms with Gasteiger partial charge in [0.25, 0.3) is 0 Å². The first kappa shape index (κ1) is 19.6. The Labute approximate surface area is 160 Å². The minimum absolute atomic E-state index is 0.0204. The third-order valence-electron chi connectivity index (χ3n) is 3.46. The number of hydrogen-bond acceptors (Lipinski definition) is 7. The van der Waals surface area contributed by atoms with Gasteiger partial charge in [0.1, 0.15) is 35.4 Å². The van der Waals surface area contributed by atoms with E-state index in [-0.39, 0.29) is 13.1 Å². The van der Waals surface area contributed by atoms with E-state index in [0.29, 0.717) is 23.5 Å². The van der Waals surface area contributed by atoms with E-state index < -0.39 is 26.6 Å². The highest BCUT2D eigenvalue weighted by Gasteiger charge is 2.15. The first-order valence-corrected chi connectivity index (χ1v) is 9.60. The molecular formula is C17H16F2N6O2S. The van der Waals surface area contributed by atoms with Gasteiger partial charge in [-0.05, 0) is 24.3 Å². The molecule has 11 heteroatoms. The monoisotopic (exact) mass is 406 g/mol. The third-order valence-corrected chi connectivity index (χ3v) is 4.90. The number of nitrogens with one attached hydrogen (secondary N) is 3. The lowest BCUT2D eigenvalue weighted by molar-refractivity contribution is 0.562. The summed E-state index contributed by atoms with van der Waals surface area (Å²) < 4.78 is 52.8. The summed E-state index contributed by atoms with van der Waals surface area (Å²) in [5.41, 5.74) is 0. The number of pyridine rings is 1. The highest BCUT2D eigenvalue weighted by molar-refractivity contribution is 7.89. The number of anilines is 3. The van der Waals surface area contributed by atoms with Gasteiger partial charge in [-0.25, -0.2) is 36.9 Å². The van der Waals surface area contributed by atoms with Crippen molar-refractivity contribution >= 4 is 27.5 Å². The van der Waals surface area contributed by atoms with E-state index in [0.717, 1.165) is 12.1 Å². The number of hydrogen-bond donors (Lipinski definition) is 3. The number of halogens is 2. The summed E-state index contributed by atoms with van der Waals surface area (Å²) in [7, 11) is -4.03. The van der Waals surface area contributed by atoms with Gasteiger partial charge < -0.3 is 10.6 Å². The molecule has 146 valence electrons. The molecule has 8 nitrogen and oxygen atoms in total. The molecule has 0 aliphatic rings. The molecular weight excluding hydrogens is 390 g/mol. The van der Waals surface area contributed by atoms with Crippen LogP contribution in [-0.2, 0) is 10.0 Å². The number of sulfonamides is 1. The molecule has 0 saturated heterocycles. The average Bonchev–Trinajstić information content (AvgIpc) is 2.66. The fourth-order valence-corrected chi connectivity index (χ4v) is 3.31. The van der Waals surface area contributed by atoms with Crippen molar-refractivity contribution in [3.8, 4) is 0 Å². The minimum Gasteiger partial charge on any atom is -0.369 e. The lowest BCUT2D eigenvalue weighted by atomic mass is 10.3. The van der Waals surface area contributed by atoms with Gasteiger partial charge in [-0.2, -0.15) is 0 Å². The second-order valence-electron chi connectivity index (χ2n) is 5.56. The van der Waals surface area contributed by atoms with Gasteiger partial charge in [-0.15, -0.1) is 0 Å². The van der Waals surface area contributed by atoms with E-state index in [1.807, 2.05) is 6.07 Å². The van der Waals surface area contributed by atoms with Crippen molar-refractivity contribution in [3.63, 3.8) is 0 Å². The molecule has 2 heterocycles. The van der Waals surface area contributed by atoms with Crippen molar-refractivity contribution in [2.24, 2.45) is 0 Å². The van der Waals surface area contributed by atoms with Gasteiger partial charge >= 0.3 is 0 Å². The molecule has 0 spiro atoms. The van der Waals surface area contributed by atoms with Gasteiger partial charge in [0.15, 0.2) is 0 Å². The molecule has 0 aliphatic heterocycles. The number of benzene rings is 1. The smallest absolute Gasteiger partial charge is 0.240 e. The van der Waals surface area contributed by atoms with E-state index in [1.165, 1.54) is 6.33 Å². The zero-order valence-corrected chi connectivity index (χ0v) is 15.2. The fourth-order valence-electron chi connectivity index (χ4n) is 2.23. The second kappa shape index (κ2) is 8.67. The zero-order chi connectivity index (χ0) is 20.0. The van der Waals surface area contributed by atoms with Crippen molar-refractivity contribution in [1.82, 2.24) is 19.7 Å². The molecule has 0 atom stereocenters. The highest BCUT2D eigenvalue weighted by atomic mass is 32.2. The first-order valence-electron chi connectivity index (χ1n) is 8.12. The van der Waals surface area contributed by atoms with Crippen molar-refractivity contribution < 1.29 is 17.2 Å². The van der Waals surface area contributed by atoms with Crippen LogP contribution < -0.4 is 15.4 Å². The Morgan fingerprint density at radius 2 is 1.61 bits per heavy atom. The zero-order valence-electron chi connectivity index (χ0n) is 14.4. The molecule has 3 N–H and O–H groups in total. The Kier molecular flexibility index (Phi) is 6.06. The van der Waals surface area contributed by atoms with Crippen LogP contribution in [0.2, 0.25) is 0 Å². The van der Waals surface area contributed by atoms with Crippen molar-refractivity contribution in [3.05, 3.63) is 66.6 Å². The van der Waals surface area contributed by atoms with Gasteiger partial charge in [0.05, 0.1) is 4.90 Å². The SMILES string of the molecule is O=S(=O)(NCCNc1cc(Nc2ccccn2)ncn1)c1cc(F)cc(F)c1. The maximum Gasteiger partial charge on any atom is 0.240 e. The van der Waals surface area contributed by atoms with E-state index in [2.05, 4.69) is 30.3 Å². The number of nitrogens with zero attached hydrogens (tertiary/aromatic N) is 3. The molecule has 0 bridgehead atoms. The van der Waals surface area contributed by atoms with Crippen LogP contribution in [0.3, 0.4) is 0 Å². The Bertz CT molecular complexity index is 1030.